The molecule has 3 aromatic rings. The van der Waals surface area contributed by atoms with Crippen LogP contribution in [0.4, 0.5) is 0 Å². The predicted molar refractivity (Wildman–Crippen MR) is 154 cm³/mol. The Balaban J connectivity index is 1.58. The van der Waals surface area contributed by atoms with Crippen LogP contribution in [0.2, 0.25) is 10.0 Å². The van der Waals surface area contributed by atoms with Crippen molar-refractivity contribution >= 4 is 40.9 Å². The number of carbonyl (C=O) groups is 3. The second-order valence-electron chi connectivity index (χ2n) is 9.68. The fourth-order valence-corrected chi connectivity index (χ4v) is 4.91. The third kappa shape index (κ3) is 7.99. The molecule has 2 aromatic carbocycles. The van der Waals surface area contributed by atoms with E-state index in [1.54, 1.807) is 29.1 Å². The number of hydrogen-bond donors (Lipinski definition) is 2. The molecule has 11 heteroatoms. The highest BCUT2D eigenvalue weighted by atomic mass is 35.5. The summed E-state index contributed by atoms with van der Waals surface area (Å²) in [7, 11) is 0. The second-order valence-corrected chi connectivity index (χ2v) is 10.5. The summed E-state index contributed by atoms with van der Waals surface area (Å²) >= 11 is 12.5. The van der Waals surface area contributed by atoms with Gasteiger partial charge in [0, 0.05) is 30.9 Å². The summed E-state index contributed by atoms with van der Waals surface area (Å²) in [6, 6.07) is 14.1. The number of halogens is 2. The Labute approximate surface area is 243 Å². The van der Waals surface area contributed by atoms with Gasteiger partial charge in [0.1, 0.15) is 12.4 Å². The molecule has 0 saturated heterocycles. The Hall–Kier alpha value is -3.56. The van der Waals surface area contributed by atoms with Crippen LogP contribution >= 0.6 is 23.2 Å². The molecule has 4 rings (SSSR count). The number of nitrogens with zero attached hydrogens (tertiary/aromatic N) is 3. The summed E-state index contributed by atoms with van der Waals surface area (Å²) in [6.07, 6.45) is 4.09. The first kappa shape index (κ1) is 29.4. The number of hydrogen-bond acceptors (Lipinski definition) is 5. The van der Waals surface area contributed by atoms with E-state index in [2.05, 4.69) is 15.7 Å². The molecule has 2 heterocycles. The summed E-state index contributed by atoms with van der Waals surface area (Å²) in [6.45, 7) is 3.24. The van der Waals surface area contributed by atoms with Crippen molar-refractivity contribution in [3.05, 3.63) is 81.6 Å². The highest BCUT2D eigenvalue weighted by Gasteiger charge is 2.26. The van der Waals surface area contributed by atoms with E-state index in [0.717, 1.165) is 12.0 Å². The first-order valence-electron chi connectivity index (χ1n) is 13.4. The van der Waals surface area contributed by atoms with E-state index in [-0.39, 0.29) is 35.7 Å². The van der Waals surface area contributed by atoms with Gasteiger partial charge in [-0.1, -0.05) is 60.5 Å². The molecule has 0 saturated carbocycles. The van der Waals surface area contributed by atoms with E-state index >= 15 is 0 Å². The summed E-state index contributed by atoms with van der Waals surface area (Å²) in [5, 5.41) is 10.9. The molecule has 0 aliphatic carbocycles. The van der Waals surface area contributed by atoms with Crippen LogP contribution in [0.15, 0.2) is 54.7 Å². The van der Waals surface area contributed by atoms with Gasteiger partial charge in [-0.15, -0.1) is 0 Å². The number of amides is 3. The normalized spacial score (nSPS) is 17.1. The van der Waals surface area contributed by atoms with E-state index in [0.29, 0.717) is 55.2 Å². The molecule has 1 atom stereocenters. The topological polar surface area (TPSA) is 106 Å². The number of carbonyl (C=O) groups excluding carboxylic acids is 3. The maximum Gasteiger partial charge on any atom is 0.276 e. The molecule has 0 radical (unpaired) electrons. The third-order valence-corrected chi connectivity index (χ3v) is 6.96. The molecule has 3 amide bonds. The van der Waals surface area contributed by atoms with E-state index in [4.69, 9.17) is 27.9 Å². The smallest absolute Gasteiger partial charge is 0.276 e. The van der Waals surface area contributed by atoms with Gasteiger partial charge < -0.3 is 20.3 Å². The van der Waals surface area contributed by atoms with Crippen LogP contribution in [-0.4, -0.2) is 64.7 Å². The number of ether oxygens (including phenoxy) is 1. The van der Waals surface area contributed by atoms with Crippen LogP contribution in [0.5, 0.6) is 5.75 Å². The van der Waals surface area contributed by atoms with Crippen molar-refractivity contribution < 1.29 is 19.1 Å². The van der Waals surface area contributed by atoms with Gasteiger partial charge in [-0.3, -0.25) is 19.1 Å². The molecule has 9 nitrogen and oxygen atoms in total. The van der Waals surface area contributed by atoms with Gasteiger partial charge in [0.15, 0.2) is 5.69 Å². The minimum absolute atomic E-state index is 0.101. The Morgan fingerprint density at radius 3 is 2.70 bits per heavy atom. The van der Waals surface area contributed by atoms with Gasteiger partial charge >= 0.3 is 0 Å². The van der Waals surface area contributed by atoms with Crippen molar-refractivity contribution in [3.8, 4) is 5.75 Å². The molecule has 1 aliphatic heterocycles. The summed E-state index contributed by atoms with van der Waals surface area (Å²) in [5.74, 6) is -0.681. The maximum absolute atomic E-state index is 13.5. The van der Waals surface area contributed by atoms with Crippen LogP contribution < -0.4 is 15.4 Å². The summed E-state index contributed by atoms with van der Waals surface area (Å²) in [4.78, 5) is 41.2. The molecular formula is C29H33Cl2N5O4. The van der Waals surface area contributed by atoms with E-state index < -0.39 is 11.9 Å². The largest absolute Gasteiger partial charge is 0.491 e. The SMILES string of the molecule is CCCn1cc(Cl)c(C(=O)N2CCCCNC(=O)c3cc(Cl)ccc3OC[C@H](Cc3ccccc3)NC(=O)C2)n1. The fourth-order valence-electron chi connectivity index (χ4n) is 4.51. The molecule has 1 aromatic heterocycles. The summed E-state index contributed by atoms with van der Waals surface area (Å²) < 4.78 is 7.70. The van der Waals surface area contributed by atoms with Gasteiger partial charge in [-0.2, -0.15) is 5.10 Å². The molecule has 0 bridgehead atoms. The lowest BCUT2D eigenvalue weighted by Crippen LogP contribution is -2.47. The van der Waals surface area contributed by atoms with Crippen molar-refractivity contribution in [3.63, 3.8) is 0 Å². The lowest BCUT2D eigenvalue weighted by molar-refractivity contribution is -0.122. The standard InChI is InChI=1S/C29H33Cl2N5O4/c1-2-13-36-17-24(31)27(34-36)29(39)35-14-7-6-12-32-28(38)23-16-21(30)10-11-25(23)40-19-22(33-26(37)18-35)15-20-8-4-3-5-9-20/h3-5,8-11,16-17,22H,2,6-7,12-15,18-19H2,1H3,(H,32,38)(H,33,37)/t22-/m0/s1. The lowest BCUT2D eigenvalue weighted by atomic mass is 10.1. The Bertz CT molecular complexity index is 1330. The number of aryl methyl sites for hydroxylation is 1. The zero-order valence-corrected chi connectivity index (χ0v) is 23.9. The molecule has 0 spiro atoms. The third-order valence-electron chi connectivity index (χ3n) is 6.45. The van der Waals surface area contributed by atoms with Gasteiger partial charge in [0.2, 0.25) is 5.91 Å². The minimum atomic E-state index is -0.434. The number of fused-ring (bicyclic) bond motifs is 1. The van der Waals surface area contributed by atoms with Gasteiger partial charge in [-0.25, -0.2) is 0 Å². The van der Waals surface area contributed by atoms with Crippen molar-refractivity contribution in [1.82, 2.24) is 25.3 Å². The van der Waals surface area contributed by atoms with Gasteiger partial charge in [0.25, 0.3) is 11.8 Å². The van der Waals surface area contributed by atoms with E-state index in [1.165, 1.54) is 4.90 Å². The number of aromatic nitrogens is 2. The van der Waals surface area contributed by atoms with Crippen LogP contribution in [0.1, 0.15) is 52.6 Å². The van der Waals surface area contributed by atoms with Crippen LogP contribution in [0.3, 0.4) is 0 Å². The molecule has 2 N–H and O–H groups in total. The van der Waals surface area contributed by atoms with Gasteiger partial charge in [-0.05, 0) is 49.4 Å². The first-order valence-corrected chi connectivity index (χ1v) is 14.2. The number of rotatable bonds is 5. The van der Waals surface area contributed by atoms with E-state index in [9.17, 15) is 14.4 Å². The van der Waals surface area contributed by atoms with Crippen molar-refractivity contribution in [1.29, 1.82) is 0 Å². The second kappa shape index (κ2) is 14.2. The highest BCUT2D eigenvalue weighted by molar-refractivity contribution is 6.33. The molecular weight excluding hydrogens is 553 g/mol. The quantitative estimate of drug-likeness (QED) is 0.462. The zero-order valence-electron chi connectivity index (χ0n) is 22.4. The van der Waals surface area contributed by atoms with Crippen molar-refractivity contribution in [2.24, 2.45) is 0 Å². The maximum atomic E-state index is 13.5. The van der Waals surface area contributed by atoms with Crippen LogP contribution in [0, 0.1) is 0 Å². The first-order chi connectivity index (χ1) is 19.3. The number of nitrogens with one attached hydrogen (secondary N) is 2. The molecule has 212 valence electrons. The summed E-state index contributed by atoms with van der Waals surface area (Å²) in [5.41, 5.74) is 1.44. The van der Waals surface area contributed by atoms with Crippen LogP contribution in [-0.2, 0) is 17.8 Å². The van der Waals surface area contributed by atoms with E-state index in [1.807, 2.05) is 37.3 Å². The van der Waals surface area contributed by atoms with Crippen LogP contribution in [0.25, 0.3) is 0 Å². The fraction of sp³-hybridized carbons (Fsp3) is 0.379. The Kier molecular flexibility index (Phi) is 10.4. The number of benzene rings is 2. The Morgan fingerprint density at radius 1 is 1.12 bits per heavy atom. The molecule has 0 fully saturated rings. The van der Waals surface area contributed by atoms with Crippen molar-refractivity contribution in [2.75, 3.05) is 26.2 Å². The average molecular weight is 587 g/mol. The lowest BCUT2D eigenvalue weighted by Gasteiger charge is -2.24. The zero-order chi connectivity index (χ0) is 28.5. The molecule has 0 unspecified atom stereocenters. The van der Waals surface area contributed by atoms with Gasteiger partial charge in [0.05, 0.1) is 23.2 Å². The molecule has 1 aliphatic rings. The minimum Gasteiger partial charge on any atom is -0.491 e. The average Bonchev–Trinajstić information content (AvgIpc) is 3.30. The molecule has 40 heavy (non-hydrogen) atoms. The monoisotopic (exact) mass is 585 g/mol. The Morgan fingerprint density at radius 2 is 1.93 bits per heavy atom. The predicted octanol–water partition coefficient (Wildman–Crippen LogP) is 4.37. The highest BCUT2D eigenvalue weighted by Crippen LogP contribution is 2.24. The van der Waals surface area contributed by atoms with Crippen molar-refractivity contribution in [2.45, 2.75) is 45.2 Å².